The van der Waals surface area contributed by atoms with E-state index in [9.17, 15) is 0 Å². The minimum Gasteiger partial charge on any atom is -0.381 e. The third kappa shape index (κ3) is 5.06. The first-order valence-electron chi connectivity index (χ1n) is 5.01. The lowest BCUT2D eigenvalue weighted by atomic mass is 10.2. The van der Waals surface area contributed by atoms with Crippen LogP contribution >= 0.6 is 0 Å². The molecule has 0 aromatic carbocycles. The fraction of sp³-hybridized carbons (Fsp3) is 0.636. The van der Waals surface area contributed by atoms with Gasteiger partial charge in [-0.15, -0.1) is 0 Å². The summed E-state index contributed by atoms with van der Waals surface area (Å²) in [7, 11) is -0.895. The van der Waals surface area contributed by atoms with E-state index in [0.29, 0.717) is 5.92 Å². The highest BCUT2D eigenvalue weighted by molar-refractivity contribution is 6.76. The van der Waals surface area contributed by atoms with Crippen molar-refractivity contribution in [1.29, 1.82) is 0 Å². The van der Waals surface area contributed by atoms with Crippen molar-refractivity contribution >= 4 is 8.07 Å². The molecule has 0 N–H and O–H groups in total. The number of rotatable bonds is 5. The van der Waals surface area contributed by atoms with Gasteiger partial charge in [-0.3, -0.25) is 0 Å². The van der Waals surface area contributed by atoms with E-state index in [1.165, 1.54) is 6.04 Å². The summed E-state index contributed by atoms with van der Waals surface area (Å²) < 4.78 is 5.63. The highest BCUT2D eigenvalue weighted by atomic mass is 28.3. The van der Waals surface area contributed by atoms with Crippen LogP contribution in [-0.4, -0.2) is 21.3 Å². The Labute approximate surface area is 82.5 Å². The van der Waals surface area contributed by atoms with Gasteiger partial charge in [-0.2, -0.15) is 0 Å². The lowest BCUT2D eigenvalue weighted by Crippen LogP contribution is -2.22. The summed E-state index contributed by atoms with van der Waals surface area (Å²) in [6.45, 7) is 8.94. The van der Waals surface area contributed by atoms with E-state index < -0.39 is 8.07 Å². The second-order valence-electron chi connectivity index (χ2n) is 4.82. The average Bonchev–Trinajstić information content (AvgIpc) is 2.48. The van der Waals surface area contributed by atoms with Gasteiger partial charge in [-0.1, -0.05) is 43.9 Å². The maximum Gasteiger partial charge on any atom is 0.0563 e. The van der Waals surface area contributed by atoms with Gasteiger partial charge in [0.05, 0.1) is 6.61 Å². The first-order chi connectivity index (χ1) is 6.08. The molecule has 0 radical (unpaired) electrons. The van der Waals surface area contributed by atoms with Gasteiger partial charge in [-0.25, -0.2) is 0 Å². The van der Waals surface area contributed by atoms with E-state index in [1.54, 1.807) is 0 Å². The van der Waals surface area contributed by atoms with Crippen LogP contribution in [0.25, 0.3) is 0 Å². The summed E-state index contributed by atoms with van der Waals surface area (Å²) in [5.41, 5.74) is 0. The molecule has 2 heteroatoms. The molecular weight excluding hydrogens is 176 g/mol. The van der Waals surface area contributed by atoms with E-state index in [-0.39, 0.29) is 0 Å². The van der Waals surface area contributed by atoms with Gasteiger partial charge < -0.3 is 4.74 Å². The lowest BCUT2D eigenvalue weighted by Gasteiger charge is -2.16. The zero-order valence-corrected chi connectivity index (χ0v) is 9.92. The van der Waals surface area contributed by atoms with Crippen LogP contribution < -0.4 is 0 Å². The van der Waals surface area contributed by atoms with Gasteiger partial charge in [0.25, 0.3) is 0 Å². The zero-order chi connectivity index (χ0) is 9.73. The molecule has 0 spiro atoms. The van der Waals surface area contributed by atoms with Crippen LogP contribution in [0.15, 0.2) is 24.3 Å². The molecule has 0 fully saturated rings. The molecule has 1 nitrogen and oxygen atoms in total. The Bertz CT molecular complexity index is 189. The Balaban J connectivity index is 2.01. The van der Waals surface area contributed by atoms with Crippen molar-refractivity contribution in [1.82, 2.24) is 0 Å². The van der Waals surface area contributed by atoms with E-state index in [4.69, 9.17) is 4.74 Å². The van der Waals surface area contributed by atoms with Gasteiger partial charge in [0, 0.05) is 20.6 Å². The monoisotopic (exact) mass is 196 g/mol. The van der Waals surface area contributed by atoms with Crippen LogP contribution in [0.1, 0.15) is 0 Å². The molecule has 1 aliphatic carbocycles. The Morgan fingerprint density at radius 2 is 1.77 bits per heavy atom. The SMILES string of the molecule is C[Si](C)(C)CCOCC1C=CC=C1. The fourth-order valence-electron chi connectivity index (χ4n) is 1.19. The topological polar surface area (TPSA) is 9.23 Å². The van der Waals surface area contributed by atoms with Gasteiger partial charge in [0.2, 0.25) is 0 Å². The smallest absolute Gasteiger partial charge is 0.0563 e. The van der Waals surface area contributed by atoms with Crippen molar-refractivity contribution in [3.05, 3.63) is 24.3 Å². The molecule has 0 aromatic heterocycles. The molecule has 1 aliphatic rings. The second-order valence-corrected chi connectivity index (χ2v) is 10.4. The van der Waals surface area contributed by atoms with E-state index in [2.05, 4.69) is 43.9 Å². The number of hydrogen-bond donors (Lipinski definition) is 0. The Kier molecular flexibility index (Phi) is 3.94. The molecule has 74 valence electrons. The fourth-order valence-corrected chi connectivity index (χ4v) is 1.94. The Morgan fingerprint density at radius 3 is 2.31 bits per heavy atom. The second kappa shape index (κ2) is 4.77. The number of hydrogen-bond acceptors (Lipinski definition) is 1. The number of allylic oxidation sites excluding steroid dienone is 2. The van der Waals surface area contributed by atoms with Gasteiger partial charge in [-0.05, 0) is 6.04 Å². The summed E-state index contributed by atoms with van der Waals surface area (Å²) >= 11 is 0. The maximum atomic E-state index is 5.63. The van der Waals surface area contributed by atoms with Crippen LogP contribution in [0.3, 0.4) is 0 Å². The zero-order valence-electron chi connectivity index (χ0n) is 8.92. The Hall–Kier alpha value is -0.343. The van der Waals surface area contributed by atoms with Crippen LogP contribution in [-0.2, 0) is 4.74 Å². The molecule has 0 aliphatic heterocycles. The molecule has 0 bridgehead atoms. The summed E-state index contributed by atoms with van der Waals surface area (Å²) in [6.07, 6.45) is 8.56. The number of ether oxygens (including phenoxy) is 1. The maximum absolute atomic E-state index is 5.63. The predicted octanol–water partition coefficient (Wildman–Crippen LogP) is 3.08. The minimum atomic E-state index is -0.895. The molecule has 0 heterocycles. The van der Waals surface area contributed by atoms with E-state index in [1.807, 2.05) is 0 Å². The first-order valence-corrected chi connectivity index (χ1v) is 8.71. The summed E-state index contributed by atoms with van der Waals surface area (Å²) in [5.74, 6) is 0.529. The Morgan fingerprint density at radius 1 is 1.15 bits per heavy atom. The normalized spacial score (nSPS) is 17.2. The van der Waals surface area contributed by atoms with Crippen molar-refractivity contribution in [2.45, 2.75) is 25.7 Å². The first kappa shape index (κ1) is 10.7. The van der Waals surface area contributed by atoms with Gasteiger partial charge in [0.15, 0.2) is 0 Å². The van der Waals surface area contributed by atoms with Crippen LogP contribution in [0.2, 0.25) is 25.7 Å². The molecule has 0 saturated carbocycles. The highest BCUT2D eigenvalue weighted by Crippen LogP contribution is 2.11. The average molecular weight is 196 g/mol. The highest BCUT2D eigenvalue weighted by Gasteiger charge is 2.12. The minimum absolute atomic E-state index is 0.529. The molecule has 0 unspecified atom stereocenters. The molecule has 0 atom stereocenters. The summed E-state index contributed by atoms with van der Waals surface area (Å²) in [6, 6.07) is 1.27. The molecule has 0 saturated heterocycles. The third-order valence-electron chi connectivity index (χ3n) is 2.13. The van der Waals surface area contributed by atoms with Crippen LogP contribution in [0.4, 0.5) is 0 Å². The molecular formula is C11H20OSi. The largest absolute Gasteiger partial charge is 0.381 e. The molecule has 1 rings (SSSR count). The van der Waals surface area contributed by atoms with Crippen LogP contribution in [0, 0.1) is 5.92 Å². The van der Waals surface area contributed by atoms with Crippen molar-refractivity contribution in [3.63, 3.8) is 0 Å². The standard InChI is InChI=1S/C11H20OSi/c1-13(2,3)9-8-12-10-11-6-4-5-7-11/h4-7,11H,8-10H2,1-3H3. The van der Waals surface area contributed by atoms with Crippen molar-refractivity contribution in [2.75, 3.05) is 13.2 Å². The molecule has 0 aromatic rings. The molecule has 13 heavy (non-hydrogen) atoms. The van der Waals surface area contributed by atoms with Crippen LogP contribution in [0.5, 0.6) is 0 Å². The van der Waals surface area contributed by atoms with Gasteiger partial charge in [0.1, 0.15) is 0 Å². The van der Waals surface area contributed by atoms with Gasteiger partial charge >= 0.3 is 0 Å². The van der Waals surface area contributed by atoms with Crippen molar-refractivity contribution < 1.29 is 4.74 Å². The van der Waals surface area contributed by atoms with Crippen molar-refractivity contribution in [2.24, 2.45) is 5.92 Å². The third-order valence-corrected chi connectivity index (χ3v) is 3.84. The van der Waals surface area contributed by atoms with E-state index in [0.717, 1.165) is 13.2 Å². The summed E-state index contributed by atoms with van der Waals surface area (Å²) in [5, 5.41) is 0. The van der Waals surface area contributed by atoms with E-state index >= 15 is 0 Å². The summed E-state index contributed by atoms with van der Waals surface area (Å²) in [4.78, 5) is 0. The lowest BCUT2D eigenvalue weighted by molar-refractivity contribution is 0.135. The molecule has 0 amide bonds. The predicted molar refractivity (Wildman–Crippen MR) is 60.7 cm³/mol. The van der Waals surface area contributed by atoms with Crippen molar-refractivity contribution in [3.8, 4) is 0 Å². The quantitative estimate of drug-likeness (QED) is 0.485.